The van der Waals surface area contributed by atoms with Crippen molar-refractivity contribution in [1.82, 2.24) is 4.98 Å². The lowest BCUT2D eigenvalue weighted by molar-refractivity contribution is 0.0699. The molecule has 0 fully saturated rings. The summed E-state index contributed by atoms with van der Waals surface area (Å²) < 4.78 is 10.6. The van der Waals surface area contributed by atoms with Crippen LogP contribution in [0.5, 0.6) is 5.75 Å². The molecule has 0 saturated heterocycles. The molecule has 0 bridgehead atoms. The van der Waals surface area contributed by atoms with Crippen LogP contribution in [0.25, 0.3) is 21.5 Å². The number of anilines is 1. The zero-order chi connectivity index (χ0) is 20.5. The first-order chi connectivity index (χ1) is 14.0. The predicted octanol–water partition coefficient (Wildman–Crippen LogP) is 5.17. The van der Waals surface area contributed by atoms with E-state index in [4.69, 9.17) is 20.8 Å². The number of carboxylic acid groups (broad SMARTS) is 1. The van der Waals surface area contributed by atoms with Gasteiger partial charge in [0.05, 0.1) is 22.7 Å². The van der Waals surface area contributed by atoms with Gasteiger partial charge in [-0.1, -0.05) is 29.8 Å². The molecule has 0 aliphatic rings. The number of halogens is 1. The fourth-order valence-electron chi connectivity index (χ4n) is 2.82. The number of carbonyl (C=O) groups excluding carboxylic acids is 1. The number of para-hydroxylation sites is 2. The van der Waals surface area contributed by atoms with Gasteiger partial charge in [-0.3, -0.25) is 4.79 Å². The summed E-state index contributed by atoms with van der Waals surface area (Å²) >= 11 is 7.23. The Kier molecular flexibility index (Phi) is 4.96. The molecule has 9 heteroatoms. The molecule has 0 radical (unpaired) electrons. The first-order valence-electron chi connectivity index (χ1n) is 8.33. The van der Waals surface area contributed by atoms with Crippen LogP contribution in [0.3, 0.4) is 0 Å². The fourth-order valence-corrected chi connectivity index (χ4v) is 4.01. The Morgan fingerprint density at radius 2 is 2.03 bits per heavy atom. The molecule has 7 nitrogen and oxygen atoms in total. The Bertz CT molecular complexity index is 1210. The van der Waals surface area contributed by atoms with E-state index >= 15 is 0 Å². The number of benzene rings is 2. The van der Waals surface area contributed by atoms with Gasteiger partial charge in [-0.05, 0) is 29.8 Å². The predicted molar refractivity (Wildman–Crippen MR) is 110 cm³/mol. The first-order valence-corrected chi connectivity index (χ1v) is 9.59. The summed E-state index contributed by atoms with van der Waals surface area (Å²) in [7, 11) is 1.48. The molecule has 29 heavy (non-hydrogen) atoms. The fraction of sp³-hybridized carbons (Fsp3) is 0.0500. The lowest BCUT2D eigenvalue weighted by atomic mass is 10.1. The van der Waals surface area contributed by atoms with E-state index in [-0.39, 0.29) is 17.1 Å². The van der Waals surface area contributed by atoms with Gasteiger partial charge in [0.1, 0.15) is 16.8 Å². The molecule has 0 atom stereocenters. The zero-order valence-electron chi connectivity index (χ0n) is 14.9. The number of oxazole rings is 1. The van der Waals surface area contributed by atoms with Gasteiger partial charge >= 0.3 is 11.9 Å². The largest absolute Gasteiger partial charge is 0.495 e. The average molecular weight is 429 g/mol. The molecule has 146 valence electrons. The van der Waals surface area contributed by atoms with Crippen LogP contribution >= 0.6 is 22.9 Å². The van der Waals surface area contributed by atoms with Crippen molar-refractivity contribution >= 4 is 51.6 Å². The summed E-state index contributed by atoms with van der Waals surface area (Å²) in [4.78, 5) is 29.1. The molecule has 0 unspecified atom stereocenters. The second kappa shape index (κ2) is 7.57. The standard InChI is InChI=1S/C20H13ClN2O5S/c1-27-15-8-10(6-7-11(15)21)17-16(20(25)26)13(9-29-17)22-18(24)19-23-12-4-2-3-5-14(12)28-19/h2-9H,1H3,(H,22,24)(H,25,26). The Morgan fingerprint density at radius 3 is 2.76 bits per heavy atom. The Balaban J connectivity index is 1.69. The van der Waals surface area contributed by atoms with Crippen LogP contribution in [0.4, 0.5) is 5.69 Å². The van der Waals surface area contributed by atoms with Crippen molar-refractivity contribution in [3.05, 3.63) is 64.3 Å². The average Bonchev–Trinajstić information content (AvgIpc) is 3.32. The number of rotatable bonds is 5. The van der Waals surface area contributed by atoms with E-state index in [1.54, 1.807) is 47.8 Å². The number of nitrogens with zero attached hydrogens (tertiary/aromatic N) is 1. The van der Waals surface area contributed by atoms with Gasteiger partial charge in [0.25, 0.3) is 5.89 Å². The third-order valence-electron chi connectivity index (χ3n) is 4.15. The summed E-state index contributed by atoms with van der Waals surface area (Å²) in [6.45, 7) is 0. The van der Waals surface area contributed by atoms with Crippen molar-refractivity contribution < 1.29 is 23.8 Å². The number of nitrogens with one attached hydrogen (secondary N) is 1. The van der Waals surface area contributed by atoms with Crippen LogP contribution in [-0.2, 0) is 0 Å². The molecule has 1 amide bonds. The topological polar surface area (TPSA) is 102 Å². The van der Waals surface area contributed by atoms with Crippen molar-refractivity contribution in [2.75, 3.05) is 12.4 Å². The number of aromatic nitrogens is 1. The maximum absolute atomic E-state index is 12.6. The number of hydrogen-bond acceptors (Lipinski definition) is 6. The second-order valence-corrected chi connectivity index (χ2v) is 7.24. The van der Waals surface area contributed by atoms with Gasteiger partial charge < -0.3 is 19.6 Å². The molecule has 2 aromatic heterocycles. The molecule has 2 heterocycles. The number of hydrogen-bond donors (Lipinski definition) is 2. The Labute approximate surface area is 173 Å². The summed E-state index contributed by atoms with van der Waals surface area (Å²) in [5.41, 5.74) is 1.73. The first kappa shape index (κ1) is 19.0. The molecular formula is C20H13ClN2O5S. The highest BCUT2D eigenvalue weighted by atomic mass is 35.5. The molecule has 0 saturated carbocycles. The Morgan fingerprint density at radius 1 is 1.24 bits per heavy atom. The van der Waals surface area contributed by atoms with Crippen LogP contribution in [0.2, 0.25) is 5.02 Å². The van der Waals surface area contributed by atoms with Crippen LogP contribution < -0.4 is 10.1 Å². The monoisotopic (exact) mass is 428 g/mol. The number of methoxy groups -OCH3 is 1. The van der Waals surface area contributed by atoms with Gasteiger partial charge in [-0.25, -0.2) is 9.78 Å². The van der Waals surface area contributed by atoms with E-state index in [2.05, 4.69) is 10.3 Å². The number of amides is 1. The molecular weight excluding hydrogens is 416 g/mol. The molecule has 4 rings (SSSR count). The highest BCUT2D eigenvalue weighted by Crippen LogP contribution is 2.39. The number of ether oxygens (including phenoxy) is 1. The third kappa shape index (κ3) is 3.55. The number of aromatic carboxylic acids is 1. The number of carbonyl (C=O) groups is 2. The van der Waals surface area contributed by atoms with Gasteiger partial charge in [-0.15, -0.1) is 11.3 Å². The van der Waals surface area contributed by atoms with Crippen molar-refractivity contribution in [1.29, 1.82) is 0 Å². The van der Waals surface area contributed by atoms with Crippen molar-refractivity contribution in [2.45, 2.75) is 0 Å². The van der Waals surface area contributed by atoms with Crippen molar-refractivity contribution in [3.63, 3.8) is 0 Å². The number of fused-ring (bicyclic) bond motifs is 1. The number of carboxylic acids is 1. The van der Waals surface area contributed by atoms with Crippen LogP contribution in [0.1, 0.15) is 21.0 Å². The molecule has 4 aromatic rings. The van der Waals surface area contributed by atoms with Gasteiger partial charge in [0.15, 0.2) is 5.58 Å². The summed E-state index contributed by atoms with van der Waals surface area (Å²) in [5.74, 6) is -1.54. The van der Waals surface area contributed by atoms with Crippen LogP contribution in [-0.4, -0.2) is 29.1 Å². The van der Waals surface area contributed by atoms with Gasteiger partial charge in [0, 0.05) is 5.38 Å². The van der Waals surface area contributed by atoms with E-state index in [1.165, 1.54) is 18.4 Å². The normalized spacial score (nSPS) is 10.8. The Hall–Kier alpha value is -3.36. The molecule has 0 aliphatic heterocycles. The SMILES string of the molecule is COc1cc(-c2scc(NC(=O)c3nc4ccccc4o3)c2C(=O)O)ccc1Cl. The zero-order valence-corrected chi connectivity index (χ0v) is 16.5. The minimum absolute atomic E-state index is 0.0381. The maximum atomic E-state index is 12.6. The van der Waals surface area contributed by atoms with Crippen molar-refractivity contribution in [2.24, 2.45) is 0 Å². The van der Waals surface area contributed by atoms with Crippen molar-refractivity contribution in [3.8, 4) is 16.2 Å². The minimum atomic E-state index is -1.18. The van der Waals surface area contributed by atoms with Crippen LogP contribution in [0, 0.1) is 0 Å². The minimum Gasteiger partial charge on any atom is -0.495 e. The molecule has 0 spiro atoms. The van der Waals surface area contributed by atoms with E-state index in [9.17, 15) is 14.7 Å². The lowest BCUT2D eigenvalue weighted by Gasteiger charge is -2.07. The summed E-state index contributed by atoms with van der Waals surface area (Å²) in [6.07, 6.45) is 0. The van der Waals surface area contributed by atoms with Crippen LogP contribution in [0.15, 0.2) is 52.3 Å². The third-order valence-corrected chi connectivity index (χ3v) is 5.50. The highest BCUT2D eigenvalue weighted by molar-refractivity contribution is 7.14. The number of thiophene rings is 1. The van der Waals surface area contributed by atoms with E-state index < -0.39 is 11.9 Å². The summed E-state index contributed by atoms with van der Waals surface area (Å²) in [5, 5.41) is 14.3. The molecule has 0 aliphatic carbocycles. The summed E-state index contributed by atoms with van der Waals surface area (Å²) in [6, 6.07) is 11.9. The second-order valence-electron chi connectivity index (χ2n) is 5.95. The van der Waals surface area contributed by atoms with E-state index in [1.807, 2.05) is 0 Å². The van der Waals surface area contributed by atoms with E-state index in [0.717, 1.165) is 0 Å². The smallest absolute Gasteiger partial charge is 0.339 e. The molecule has 2 N–H and O–H groups in total. The van der Waals surface area contributed by atoms with Gasteiger partial charge in [-0.2, -0.15) is 0 Å². The lowest BCUT2D eigenvalue weighted by Crippen LogP contribution is -2.14. The molecule has 2 aromatic carbocycles. The maximum Gasteiger partial charge on any atom is 0.339 e. The van der Waals surface area contributed by atoms with Gasteiger partial charge in [0.2, 0.25) is 0 Å². The highest BCUT2D eigenvalue weighted by Gasteiger charge is 2.23. The quantitative estimate of drug-likeness (QED) is 0.454. The van der Waals surface area contributed by atoms with E-state index in [0.29, 0.717) is 32.3 Å².